The summed E-state index contributed by atoms with van der Waals surface area (Å²) in [6.07, 6.45) is 0.0547. The van der Waals surface area contributed by atoms with Crippen LogP contribution in [0.2, 0.25) is 0 Å². The highest BCUT2D eigenvalue weighted by Crippen LogP contribution is 2.15. The third kappa shape index (κ3) is 4.85. The number of ether oxygens (including phenoxy) is 1. The maximum Gasteiger partial charge on any atom is 0.263 e. The summed E-state index contributed by atoms with van der Waals surface area (Å²) in [6.45, 7) is 8.32. The number of aryl methyl sites for hydroxylation is 1. The highest BCUT2D eigenvalue weighted by molar-refractivity contribution is 5.81. The maximum atomic E-state index is 12.4. The third-order valence-corrected chi connectivity index (χ3v) is 3.11. The number of hydrogen-bond donors (Lipinski definition) is 1. The average molecular weight is 279 g/mol. The number of nitrogens with zero attached hydrogens (tertiary/aromatic N) is 1. The molecule has 0 aliphatic rings. The van der Waals surface area contributed by atoms with Gasteiger partial charge in [-0.2, -0.15) is 0 Å². The zero-order valence-corrected chi connectivity index (χ0v) is 12.8. The Bertz CT molecular complexity index is 431. The Kier molecular flexibility index (Phi) is 6.52. The van der Waals surface area contributed by atoms with Gasteiger partial charge in [-0.05, 0) is 51.8 Å². The molecule has 0 radical (unpaired) electrons. The van der Waals surface area contributed by atoms with E-state index in [0.29, 0.717) is 18.7 Å². The van der Waals surface area contributed by atoms with Crippen molar-refractivity contribution in [1.82, 2.24) is 4.90 Å². The molecule has 0 fully saturated rings. The number of carbonyl (C=O) groups excluding carboxylic acids is 1. The largest absolute Gasteiger partial charge is 0.481 e. The van der Waals surface area contributed by atoms with Crippen molar-refractivity contribution in [3.8, 4) is 5.75 Å². The second-order valence-electron chi connectivity index (χ2n) is 5.28. The molecule has 1 atom stereocenters. The molecule has 1 N–H and O–H groups in total. The molecule has 1 aromatic carbocycles. The minimum atomic E-state index is -0.530. The van der Waals surface area contributed by atoms with E-state index in [0.717, 1.165) is 5.56 Å². The third-order valence-electron chi connectivity index (χ3n) is 3.11. The molecule has 20 heavy (non-hydrogen) atoms. The molecule has 0 aromatic heterocycles. The Morgan fingerprint density at radius 3 is 2.60 bits per heavy atom. The summed E-state index contributed by atoms with van der Waals surface area (Å²) in [6, 6.07) is 7.76. The summed E-state index contributed by atoms with van der Waals surface area (Å²) < 4.78 is 5.71. The van der Waals surface area contributed by atoms with E-state index in [1.807, 2.05) is 45.0 Å². The molecule has 0 aliphatic heterocycles. The number of benzene rings is 1. The van der Waals surface area contributed by atoms with Crippen LogP contribution in [0, 0.1) is 6.92 Å². The average Bonchev–Trinajstić information content (AvgIpc) is 2.38. The molecule has 4 nitrogen and oxygen atoms in total. The lowest BCUT2D eigenvalue weighted by Gasteiger charge is -2.29. The predicted octanol–water partition coefficient (Wildman–Crippen LogP) is 2.38. The van der Waals surface area contributed by atoms with Crippen molar-refractivity contribution in [2.24, 2.45) is 0 Å². The molecule has 112 valence electrons. The molecule has 1 unspecified atom stereocenters. The first-order valence-corrected chi connectivity index (χ1v) is 7.10. The van der Waals surface area contributed by atoms with Crippen LogP contribution in [0.1, 0.15) is 32.8 Å². The first kappa shape index (κ1) is 16.5. The van der Waals surface area contributed by atoms with Crippen LogP contribution in [-0.4, -0.2) is 41.2 Å². The molecule has 1 rings (SSSR count). The van der Waals surface area contributed by atoms with E-state index in [1.165, 1.54) is 0 Å². The fourth-order valence-corrected chi connectivity index (χ4v) is 2.04. The van der Waals surface area contributed by atoms with Crippen molar-refractivity contribution in [2.45, 2.75) is 46.3 Å². The SMILES string of the molecule is Cc1cccc(OC(C)C(=O)N(CCCO)C(C)C)c1. The Labute approximate surface area is 121 Å². The van der Waals surface area contributed by atoms with Gasteiger partial charge in [0.25, 0.3) is 5.91 Å². The summed E-state index contributed by atoms with van der Waals surface area (Å²) in [5.74, 6) is 0.659. The highest BCUT2D eigenvalue weighted by Gasteiger charge is 2.23. The Hall–Kier alpha value is -1.55. The van der Waals surface area contributed by atoms with Crippen LogP contribution in [0.4, 0.5) is 0 Å². The number of aliphatic hydroxyl groups is 1. The van der Waals surface area contributed by atoms with Crippen molar-refractivity contribution >= 4 is 5.91 Å². The molecule has 1 aromatic rings. The van der Waals surface area contributed by atoms with Gasteiger partial charge in [-0.15, -0.1) is 0 Å². The van der Waals surface area contributed by atoms with E-state index in [2.05, 4.69) is 0 Å². The molecule has 0 aliphatic carbocycles. The van der Waals surface area contributed by atoms with Gasteiger partial charge < -0.3 is 14.7 Å². The smallest absolute Gasteiger partial charge is 0.263 e. The van der Waals surface area contributed by atoms with Crippen molar-refractivity contribution < 1.29 is 14.6 Å². The molecule has 4 heteroatoms. The number of carbonyl (C=O) groups is 1. The van der Waals surface area contributed by atoms with Gasteiger partial charge in [0.05, 0.1) is 0 Å². The van der Waals surface area contributed by atoms with Gasteiger partial charge in [-0.25, -0.2) is 0 Å². The normalized spacial score (nSPS) is 12.3. The van der Waals surface area contributed by atoms with Gasteiger partial charge in [0.15, 0.2) is 6.10 Å². The molecule has 1 amide bonds. The van der Waals surface area contributed by atoms with Crippen LogP contribution in [-0.2, 0) is 4.79 Å². The van der Waals surface area contributed by atoms with Crippen molar-refractivity contribution in [2.75, 3.05) is 13.2 Å². The summed E-state index contributed by atoms with van der Waals surface area (Å²) in [5.41, 5.74) is 1.10. The molecular formula is C16H25NO3. The summed E-state index contributed by atoms with van der Waals surface area (Å²) in [7, 11) is 0. The van der Waals surface area contributed by atoms with Crippen molar-refractivity contribution in [3.05, 3.63) is 29.8 Å². The molecule has 0 saturated carbocycles. The minimum Gasteiger partial charge on any atom is -0.481 e. The number of amides is 1. The zero-order valence-electron chi connectivity index (χ0n) is 12.8. The van der Waals surface area contributed by atoms with Gasteiger partial charge in [0.2, 0.25) is 0 Å². The van der Waals surface area contributed by atoms with E-state index in [1.54, 1.807) is 11.8 Å². The van der Waals surface area contributed by atoms with Gasteiger partial charge in [0.1, 0.15) is 5.75 Å². The monoisotopic (exact) mass is 279 g/mol. The summed E-state index contributed by atoms with van der Waals surface area (Å²) >= 11 is 0. The highest BCUT2D eigenvalue weighted by atomic mass is 16.5. The van der Waals surface area contributed by atoms with E-state index in [4.69, 9.17) is 9.84 Å². The Morgan fingerprint density at radius 1 is 1.35 bits per heavy atom. The molecular weight excluding hydrogens is 254 g/mol. The molecule has 0 spiro atoms. The van der Waals surface area contributed by atoms with E-state index in [-0.39, 0.29) is 18.6 Å². The lowest BCUT2D eigenvalue weighted by atomic mass is 10.2. The number of rotatable bonds is 7. The van der Waals surface area contributed by atoms with Gasteiger partial charge in [-0.3, -0.25) is 4.79 Å². The minimum absolute atomic E-state index is 0.0463. The van der Waals surface area contributed by atoms with Crippen LogP contribution < -0.4 is 4.74 Å². The summed E-state index contributed by atoms with van der Waals surface area (Å²) in [5, 5.41) is 8.91. The van der Waals surface area contributed by atoms with Gasteiger partial charge in [0, 0.05) is 19.2 Å². The predicted molar refractivity (Wildman–Crippen MR) is 79.8 cm³/mol. The van der Waals surface area contributed by atoms with Gasteiger partial charge in [-0.1, -0.05) is 12.1 Å². The molecule has 0 bridgehead atoms. The van der Waals surface area contributed by atoms with E-state index < -0.39 is 6.10 Å². The molecule has 0 heterocycles. The molecule has 0 saturated heterocycles. The first-order valence-electron chi connectivity index (χ1n) is 7.10. The first-order chi connectivity index (χ1) is 9.45. The summed E-state index contributed by atoms with van der Waals surface area (Å²) in [4.78, 5) is 14.1. The van der Waals surface area contributed by atoms with Crippen LogP contribution in [0.3, 0.4) is 0 Å². The Morgan fingerprint density at radius 2 is 2.05 bits per heavy atom. The van der Waals surface area contributed by atoms with Crippen molar-refractivity contribution in [1.29, 1.82) is 0 Å². The second-order valence-corrected chi connectivity index (χ2v) is 5.28. The van der Waals surface area contributed by atoms with Crippen LogP contribution in [0.15, 0.2) is 24.3 Å². The lowest BCUT2D eigenvalue weighted by molar-refractivity contribution is -0.139. The zero-order chi connectivity index (χ0) is 15.1. The topological polar surface area (TPSA) is 49.8 Å². The lowest BCUT2D eigenvalue weighted by Crippen LogP contribution is -2.45. The fourth-order valence-electron chi connectivity index (χ4n) is 2.04. The quantitative estimate of drug-likeness (QED) is 0.833. The fraction of sp³-hybridized carbons (Fsp3) is 0.562. The van der Waals surface area contributed by atoms with Crippen LogP contribution in [0.5, 0.6) is 5.75 Å². The standard InChI is InChI=1S/C16H25NO3/c1-12(2)17(9-6-10-18)16(19)14(4)20-15-8-5-7-13(3)11-15/h5,7-8,11-12,14,18H,6,9-10H2,1-4H3. The number of hydrogen-bond acceptors (Lipinski definition) is 3. The van der Waals surface area contributed by atoms with Crippen LogP contribution in [0.25, 0.3) is 0 Å². The van der Waals surface area contributed by atoms with Crippen LogP contribution >= 0.6 is 0 Å². The van der Waals surface area contributed by atoms with Gasteiger partial charge >= 0.3 is 0 Å². The van der Waals surface area contributed by atoms with Crippen molar-refractivity contribution in [3.63, 3.8) is 0 Å². The van der Waals surface area contributed by atoms with E-state index in [9.17, 15) is 4.79 Å². The van der Waals surface area contributed by atoms with E-state index >= 15 is 0 Å². The Balaban J connectivity index is 2.68. The second kappa shape index (κ2) is 7.90. The maximum absolute atomic E-state index is 12.4. The number of aliphatic hydroxyl groups excluding tert-OH is 1.